The summed E-state index contributed by atoms with van der Waals surface area (Å²) in [5.74, 6) is 1.08. The van der Waals surface area contributed by atoms with Crippen molar-refractivity contribution in [3.63, 3.8) is 0 Å². The Morgan fingerprint density at radius 3 is 2.64 bits per heavy atom. The summed E-state index contributed by atoms with van der Waals surface area (Å²) >= 11 is 5.91. The fourth-order valence-corrected chi connectivity index (χ4v) is 4.30. The highest BCUT2D eigenvalue weighted by Crippen LogP contribution is 2.37. The number of carbonyl (C=O) groups is 1. The van der Waals surface area contributed by atoms with Crippen LogP contribution in [0.15, 0.2) is 36.7 Å². The number of hydrogen-bond acceptors (Lipinski definition) is 6. The second kappa shape index (κ2) is 9.79. The summed E-state index contributed by atoms with van der Waals surface area (Å²) in [5, 5.41) is 3.70. The van der Waals surface area contributed by atoms with Gasteiger partial charge in [0.05, 0.1) is 29.4 Å². The van der Waals surface area contributed by atoms with Gasteiger partial charge >= 0.3 is 0 Å². The van der Waals surface area contributed by atoms with E-state index in [4.69, 9.17) is 21.1 Å². The normalized spacial score (nSPS) is 18.1. The molecule has 1 aliphatic carbocycles. The zero-order valence-corrected chi connectivity index (χ0v) is 19.5. The lowest BCUT2D eigenvalue weighted by Crippen LogP contribution is -2.40. The van der Waals surface area contributed by atoms with Crippen LogP contribution >= 0.6 is 11.6 Å². The van der Waals surface area contributed by atoms with Crippen LogP contribution in [0.4, 0.5) is 15.9 Å². The molecule has 1 N–H and O–H groups in total. The minimum absolute atomic E-state index is 0.000581. The number of amides is 1. The summed E-state index contributed by atoms with van der Waals surface area (Å²) in [7, 11) is 3.42. The van der Waals surface area contributed by atoms with Crippen LogP contribution in [0.5, 0.6) is 11.5 Å². The molecule has 174 valence electrons. The Kier molecular flexibility index (Phi) is 6.83. The van der Waals surface area contributed by atoms with E-state index in [1.807, 2.05) is 13.1 Å². The van der Waals surface area contributed by atoms with Gasteiger partial charge in [0.2, 0.25) is 5.91 Å². The predicted molar refractivity (Wildman–Crippen MR) is 126 cm³/mol. The van der Waals surface area contributed by atoms with Crippen LogP contribution in [0, 0.1) is 5.82 Å². The van der Waals surface area contributed by atoms with Gasteiger partial charge in [-0.15, -0.1) is 0 Å². The molecule has 1 saturated carbocycles. The van der Waals surface area contributed by atoms with E-state index in [9.17, 15) is 9.18 Å². The Hall–Kier alpha value is -3.13. The fraction of sp³-hybridized carbons (Fsp3) is 0.375. The maximum atomic E-state index is 14.4. The van der Waals surface area contributed by atoms with E-state index in [1.165, 1.54) is 12.4 Å². The summed E-state index contributed by atoms with van der Waals surface area (Å²) in [5.41, 5.74) is 0.847. The molecule has 0 aliphatic heterocycles. The molecular weight excluding hydrogens is 447 g/mol. The minimum Gasteiger partial charge on any atom is -0.493 e. The summed E-state index contributed by atoms with van der Waals surface area (Å²) in [6.45, 7) is 1.59. The number of ether oxygens (including phenoxy) is 2. The van der Waals surface area contributed by atoms with Crippen molar-refractivity contribution in [3.05, 3.63) is 47.5 Å². The molecule has 7 nitrogen and oxygen atoms in total. The standard InChI is InChI=1S/C24H26ClFN4O3/c1-14(31)30(2)15-7-9-16(10-8-15)33-22-11-17-20(12-21(22)32-3)27-13-28-24(17)29-19-6-4-5-18(25)23(19)26/h4-6,11-13,15-16H,7-10H2,1-3H3,(H,27,28,29)/t15-,16-. The summed E-state index contributed by atoms with van der Waals surface area (Å²) in [4.78, 5) is 22.1. The number of benzene rings is 2. The SMILES string of the molecule is COc1cc2ncnc(Nc3cccc(Cl)c3F)c2cc1O[C@H]1CC[C@H](N(C)C(C)=O)CC1. The molecule has 0 bridgehead atoms. The van der Waals surface area contributed by atoms with E-state index in [-0.39, 0.29) is 28.8 Å². The van der Waals surface area contributed by atoms with Crippen LogP contribution in [0.2, 0.25) is 5.02 Å². The second-order valence-corrected chi connectivity index (χ2v) is 8.55. The van der Waals surface area contributed by atoms with E-state index in [0.717, 1.165) is 25.7 Å². The van der Waals surface area contributed by atoms with Gasteiger partial charge in [0, 0.05) is 31.5 Å². The van der Waals surface area contributed by atoms with Gasteiger partial charge in [-0.2, -0.15) is 0 Å². The van der Waals surface area contributed by atoms with Crippen molar-refractivity contribution in [2.75, 3.05) is 19.5 Å². The number of halogens is 2. The molecule has 0 radical (unpaired) electrons. The molecule has 1 aliphatic rings. The van der Waals surface area contributed by atoms with E-state index >= 15 is 0 Å². The first kappa shape index (κ1) is 23.0. The van der Waals surface area contributed by atoms with Crippen LogP contribution in [-0.2, 0) is 4.79 Å². The maximum Gasteiger partial charge on any atom is 0.219 e. The van der Waals surface area contributed by atoms with E-state index in [0.29, 0.717) is 28.2 Å². The zero-order chi connectivity index (χ0) is 23.5. The lowest BCUT2D eigenvalue weighted by atomic mass is 9.92. The van der Waals surface area contributed by atoms with Gasteiger partial charge in [0.15, 0.2) is 17.3 Å². The molecule has 0 saturated heterocycles. The molecule has 1 fully saturated rings. The Bertz CT molecular complexity index is 1170. The molecule has 4 rings (SSSR count). The smallest absolute Gasteiger partial charge is 0.219 e. The van der Waals surface area contributed by atoms with Gasteiger partial charge in [0.1, 0.15) is 12.1 Å². The van der Waals surface area contributed by atoms with Crippen molar-refractivity contribution in [2.24, 2.45) is 0 Å². The number of methoxy groups -OCH3 is 1. The van der Waals surface area contributed by atoms with Crippen molar-refractivity contribution in [1.29, 1.82) is 0 Å². The summed E-state index contributed by atoms with van der Waals surface area (Å²) in [6, 6.07) is 8.56. The average Bonchev–Trinajstić information content (AvgIpc) is 2.82. The van der Waals surface area contributed by atoms with Crippen LogP contribution in [0.3, 0.4) is 0 Å². The third kappa shape index (κ3) is 4.95. The third-order valence-corrected chi connectivity index (χ3v) is 6.40. The van der Waals surface area contributed by atoms with Crippen LogP contribution < -0.4 is 14.8 Å². The number of hydrogen-bond donors (Lipinski definition) is 1. The molecule has 1 heterocycles. The number of nitrogens with zero attached hydrogens (tertiary/aromatic N) is 3. The molecule has 33 heavy (non-hydrogen) atoms. The molecule has 2 aromatic carbocycles. The topological polar surface area (TPSA) is 76.6 Å². The highest BCUT2D eigenvalue weighted by molar-refractivity contribution is 6.31. The molecule has 0 atom stereocenters. The first-order chi connectivity index (χ1) is 15.9. The van der Waals surface area contributed by atoms with Gasteiger partial charge in [0.25, 0.3) is 0 Å². The van der Waals surface area contributed by atoms with E-state index in [2.05, 4.69) is 15.3 Å². The summed E-state index contributed by atoms with van der Waals surface area (Å²) in [6.07, 6.45) is 4.81. The molecule has 0 unspecified atom stereocenters. The Balaban J connectivity index is 1.59. The largest absolute Gasteiger partial charge is 0.493 e. The van der Waals surface area contributed by atoms with E-state index in [1.54, 1.807) is 37.1 Å². The molecule has 1 amide bonds. The minimum atomic E-state index is -0.553. The predicted octanol–water partition coefficient (Wildman–Crippen LogP) is 5.34. The molecule has 0 spiro atoms. The van der Waals surface area contributed by atoms with Crippen LogP contribution in [-0.4, -0.2) is 47.1 Å². The zero-order valence-electron chi connectivity index (χ0n) is 18.8. The van der Waals surface area contributed by atoms with Gasteiger partial charge in [-0.3, -0.25) is 4.79 Å². The summed E-state index contributed by atoms with van der Waals surface area (Å²) < 4.78 is 26.3. The first-order valence-corrected chi connectivity index (χ1v) is 11.2. The van der Waals surface area contributed by atoms with Gasteiger partial charge in [-0.25, -0.2) is 14.4 Å². The second-order valence-electron chi connectivity index (χ2n) is 8.15. The number of aromatic nitrogens is 2. The van der Waals surface area contributed by atoms with E-state index < -0.39 is 5.82 Å². The molecular formula is C24H26ClFN4O3. The van der Waals surface area contributed by atoms with Gasteiger partial charge in [-0.1, -0.05) is 17.7 Å². The van der Waals surface area contributed by atoms with Gasteiger partial charge < -0.3 is 19.7 Å². The number of anilines is 2. The molecule has 3 aromatic rings. The Morgan fingerprint density at radius 2 is 1.94 bits per heavy atom. The molecule has 9 heteroatoms. The highest BCUT2D eigenvalue weighted by atomic mass is 35.5. The molecule has 1 aromatic heterocycles. The van der Waals surface area contributed by atoms with Crippen LogP contribution in [0.25, 0.3) is 10.9 Å². The lowest BCUT2D eigenvalue weighted by molar-refractivity contribution is -0.130. The lowest BCUT2D eigenvalue weighted by Gasteiger charge is -2.34. The first-order valence-electron chi connectivity index (χ1n) is 10.8. The number of rotatable bonds is 6. The maximum absolute atomic E-state index is 14.4. The van der Waals surface area contributed by atoms with Gasteiger partial charge in [-0.05, 0) is 43.9 Å². The monoisotopic (exact) mass is 472 g/mol. The number of nitrogens with one attached hydrogen (secondary N) is 1. The average molecular weight is 473 g/mol. The van der Waals surface area contributed by atoms with Crippen molar-refractivity contribution < 1.29 is 18.7 Å². The highest BCUT2D eigenvalue weighted by Gasteiger charge is 2.27. The van der Waals surface area contributed by atoms with Crippen molar-refractivity contribution in [1.82, 2.24) is 14.9 Å². The fourth-order valence-electron chi connectivity index (χ4n) is 4.13. The number of carbonyl (C=O) groups excluding carboxylic acids is 1. The van der Waals surface area contributed by atoms with Crippen molar-refractivity contribution in [2.45, 2.75) is 44.8 Å². The Labute approximate surface area is 196 Å². The third-order valence-electron chi connectivity index (χ3n) is 6.11. The van der Waals surface area contributed by atoms with Crippen molar-refractivity contribution in [3.8, 4) is 11.5 Å². The Morgan fingerprint density at radius 1 is 1.18 bits per heavy atom. The quantitative estimate of drug-likeness (QED) is 0.521. The number of fused-ring (bicyclic) bond motifs is 1. The van der Waals surface area contributed by atoms with Crippen LogP contribution in [0.1, 0.15) is 32.6 Å². The van der Waals surface area contributed by atoms with Crippen molar-refractivity contribution >= 4 is 39.9 Å².